The van der Waals surface area contributed by atoms with E-state index in [0.717, 1.165) is 33.4 Å². The van der Waals surface area contributed by atoms with Gasteiger partial charge in [-0.25, -0.2) is 0 Å². The van der Waals surface area contributed by atoms with E-state index in [1.165, 1.54) is 5.56 Å². The van der Waals surface area contributed by atoms with Crippen LogP contribution in [0.5, 0.6) is 0 Å². The van der Waals surface area contributed by atoms with Crippen LogP contribution in [0.25, 0.3) is 0 Å². The number of hydrazone groups is 1. The Morgan fingerprint density at radius 3 is 2.00 bits per heavy atom. The van der Waals surface area contributed by atoms with Gasteiger partial charge < -0.3 is 0 Å². The summed E-state index contributed by atoms with van der Waals surface area (Å²) in [5.74, 6) is 0. The zero-order valence-electron chi connectivity index (χ0n) is 13.4. The fraction of sp³-hybridized carbons (Fsp3) is 0.0952. The summed E-state index contributed by atoms with van der Waals surface area (Å²) in [6.07, 6.45) is 0.832. The van der Waals surface area contributed by atoms with E-state index in [2.05, 4.69) is 29.3 Å². The molecule has 0 radical (unpaired) electrons. The third-order valence-corrected chi connectivity index (χ3v) is 4.87. The van der Waals surface area contributed by atoms with Crippen molar-refractivity contribution in [2.75, 3.05) is 5.01 Å². The maximum Gasteiger partial charge on any atom is 0.0831 e. The topological polar surface area (TPSA) is 15.6 Å². The molecule has 1 heterocycles. The highest BCUT2D eigenvalue weighted by Crippen LogP contribution is 2.37. The number of nitrogens with zero attached hydrogens (tertiary/aromatic N) is 2. The van der Waals surface area contributed by atoms with Gasteiger partial charge in [-0.3, -0.25) is 5.01 Å². The minimum absolute atomic E-state index is 0.144. The molecular weight excluding hydrogens is 351 g/mol. The molecule has 0 aromatic heterocycles. The minimum atomic E-state index is 0.144. The second kappa shape index (κ2) is 6.91. The van der Waals surface area contributed by atoms with E-state index < -0.39 is 0 Å². The Morgan fingerprint density at radius 1 is 0.760 bits per heavy atom. The van der Waals surface area contributed by atoms with E-state index >= 15 is 0 Å². The van der Waals surface area contributed by atoms with Gasteiger partial charge in [0, 0.05) is 16.5 Å². The summed E-state index contributed by atoms with van der Waals surface area (Å²) >= 11 is 12.1. The Bertz CT molecular complexity index is 887. The molecule has 1 atom stereocenters. The average molecular weight is 367 g/mol. The summed E-state index contributed by atoms with van der Waals surface area (Å²) in [4.78, 5) is 0. The average Bonchev–Trinajstić information content (AvgIpc) is 3.09. The van der Waals surface area contributed by atoms with Crippen molar-refractivity contribution in [3.63, 3.8) is 0 Å². The smallest absolute Gasteiger partial charge is 0.0831 e. The summed E-state index contributed by atoms with van der Waals surface area (Å²) in [7, 11) is 0. The van der Waals surface area contributed by atoms with Crippen LogP contribution in [0.2, 0.25) is 10.0 Å². The molecule has 0 saturated heterocycles. The molecule has 0 amide bonds. The highest BCUT2D eigenvalue weighted by Gasteiger charge is 2.29. The Kier molecular flexibility index (Phi) is 4.48. The number of halogens is 2. The monoisotopic (exact) mass is 366 g/mol. The van der Waals surface area contributed by atoms with Gasteiger partial charge in [0.15, 0.2) is 0 Å². The number of hydrogen-bond donors (Lipinski definition) is 0. The molecule has 1 unspecified atom stereocenters. The molecule has 3 aromatic rings. The van der Waals surface area contributed by atoms with Crippen molar-refractivity contribution in [1.29, 1.82) is 0 Å². The Hall–Kier alpha value is -2.29. The molecular formula is C21H16Cl2N2. The zero-order valence-corrected chi connectivity index (χ0v) is 15.0. The molecule has 0 aliphatic carbocycles. The lowest BCUT2D eigenvalue weighted by Gasteiger charge is -2.24. The van der Waals surface area contributed by atoms with E-state index in [0.29, 0.717) is 0 Å². The largest absolute Gasteiger partial charge is 0.257 e. The Morgan fingerprint density at radius 2 is 1.36 bits per heavy atom. The van der Waals surface area contributed by atoms with Gasteiger partial charge in [0.2, 0.25) is 0 Å². The summed E-state index contributed by atoms with van der Waals surface area (Å²) < 4.78 is 0. The Balaban J connectivity index is 1.73. The molecule has 124 valence electrons. The number of rotatable bonds is 3. The van der Waals surface area contributed by atoms with E-state index in [9.17, 15) is 0 Å². The first-order valence-corrected chi connectivity index (χ1v) is 8.89. The van der Waals surface area contributed by atoms with Crippen LogP contribution >= 0.6 is 23.2 Å². The lowest BCUT2D eigenvalue weighted by Crippen LogP contribution is -2.18. The molecule has 1 aliphatic heterocycles. The van der Waals surface area contributed by atoms with Crippen molar-refractivity contribution >= 4 is 34.6 Å². The third-order valence-electron chi connectivity index (χ3n) is 4.36. The molecule has 4 heteroatoms. The van der Waals surface area contributed by atoms with Crippen molar-refractivity contribution in [2.24, 2.45) is 5.10 Å². The fourth-order valence-electron chi connectivity index (χ4n) is 3.09. The number of benzene rings is 3. The standard InChI is InChI=1S/C21H16Cl2N2/c22-17-10-6-15(7-11-17)20-14-21(16-8-12-18(23)13-9-16)25(24-20)19-4-2-1-3-5-19/h1-13,21H,14H2. The van der Waals surface area contributed by atoms with Crippen molar-refractivity contribution < 1.29 is 0 Å². The first-order chi connectivity index (χ1) is 12.2. The van der Waals surface area contributed by atoms with Gasteiger partial charge in [0.05, 0.1) is 17.4 Å². The van der Waals surface area contributed by atoms with E-state index in [-0.39, 0.29) is 6.04 Å². The maximum atomic E-state index is 6.06. The second-order valence-electron chi connectivity index (χ2n) is 6.01. The summed E-state index contributed by atoms with van der Waals surface area (Å²) in [6, 6.07) is 26.2. The maximum absolute atomic E-state index is 6.06. The van der Waals surface area contributed by atoms with E-state index in [1.807, 2.05) is 54.6 Å². The first-order valence-electron chi connectivity index (χ1n) is 8.14. The molecule has 4 rings (SSSR count). The van der Waals surface area contributed by atoms with Crippen molar-refractivity contribution in [2.45, 2.75) is 12.5 Å². The van der Waals surface area contributed by atoms with Crippen molar-refractivity contribution in [1.82, 2.24) is 0 Å². The molecule has 0 fully saturated rings. The predicted molar refractivity (Wildman–Crippen MR) is 106 cm³/mol. The van der Waals surface area contributed by atoms with Crippen LogP contribution < -0.4 is 5.01 Å². The van der Waals surface area contributed by atoms with Gasteiger partial charge >= 0.3 is 0 Å². The van der Waals surface area contributed by atoms with Crippen LogP contribution in [0.4, 0.5) is 5.69 Å². The van der Waals surface area contributed by atoms with Gasteiger partial charge in [-0.05, 0) is 47.5 Å². The SMILES string of the molecule is Clc1ccc(C2=NN(c3ccccc3)C(c3ccc(Cl)cc3)C2)cc1. The molecule has 25 heavy (non-hydrogen) atoms. The van der Waals surface area contributed by atoms with E-state index in [4.69, 9.17) is 28.3 Å². The highest BCUT2D eigenvalue weighted by atomic mass is 35.5. The predicted octanol–water partition coefficient (Wildman–Crippen LogP) is 6.35. The molecule has 0 bridgehead atoms. The van der Waals surface area contributed by atoms with Crippen molar-refractivity contribution in [3.05, 3.63) is 100 Å². The van der Waals surface area contributed by atoms with E-state index in [1.54, 1.807) is 0 Å². The molecule has 0 spiro atoms. The van der Waals surface area contributed by atoms with Crippen LogP contribution in [0.1, 0.15) is 23.6 Å². The van der Waals surface area contributed by atoms with Crippen LogP contribution in [0.15, 0.2) is 84.0 Å². The first kappa shape index (κ1) is 16.2. The third kappa shape index (κ3) is 3.41. The summed E-state index contributed by atoms with van der Waals surface area (Å²) in [5.41, 5.74) is 4.43. The molecule has 1 aliphatic rings. The van der Waals surface area contributed by atoms with Crippen LogP contribution in [0, 0.1) is 0 Å². The highest BCUT2D eigenvalue weighted by molar-refractivity contribution is 6.31. The van der Waals surface area contributed by atoms with Crippen LogP contribution in [0.3, 0.4) is 0 Å². The fourth-order valence-corrected chi connectivity index (χ4v) is 3.34. The zero-order chi connectivity index (χ0) is 17.2. The van der Waals surface area contributed by atoms with Gasteiger partial charge in [-0.15, -0.1) is 0 Å². The van der Waals surface area contributed by atoms with Crippen molar-refractivity contribution in [3.8, 4) is 0 Å². The number of para-hydroxylation sites is 1. The molecule has 0 N–H and O–H groups in total. The normalized spacial score (nSPS) is 16.8. The lowest BCUT2D eigenvalue weighted by atomic mass is 9.98. The van der Waals surface area contributed by atoms with Gasteiger partial charge in [0.25, 0.3) is 0 Å². The van der Waals surface area contributed by atoms with Gasteiger partial charge in [-0.2, -0.15) is 5.10 Å². The molecule has 3 aromatic carbocycles. The quantitative estimate of drug-likeness (QED) is 0.527. The molecule has 0 saturated carbocycles. The Labute approximate surface area is 157 Å². The van der Waals surface area contributed by atoms with Crippen LogP contribution in [-0.4, -0.2) is 5.71 Å². The number of anilines is 1. The van der Waals surface area contributed by atoms with Gasteiger partial charge in [0.1, 0.15) is 0 Å². The molecule has 2 nitrogen and oxygen atoms in total. The lowest BCUT2D eigenvalue weighted by molar-refractivity contribution is 0.709. The number of hydrogen-bond acceptors (Lipinski definition) is 2. The second-order valence-corrected chi connectivity index (χ2v) is 6.88. The summed E-state index contributed by atoms with van der Waals surface area (Å²) in [6.45, 7) is 0. The minimum Gasteiger partial charge on any atom is -0.257 e. The summed E-state index contributed by atoms with van der Waals surface area (Å²) in [5, 5.41) is 8.48. The van der Waals surface area contributed by atoms with Crippen LogP contribution in [-0.2, 0) is 0 Å². The van der Waals surface area contributed by atoms with Gasteiger partial charge in [-0.1, -0.05) is 65.7 Å².